The van der Waals surface area contributed by atoms with E-state index in [-0.39, 0.29) is 35.7 Å². The van der Waals surface area contributed by atoms with Gasteiger partial charge in [-0.15, -0.1) is 0 Å². The Bertz CT molecular complexity index is 1090. The SMILES string of the molecule is CCCOc1ccc(C2CC(=O)C3=C(C2)NC(=O)CC3c2cc(Br)c(O)c(OCC)c2)cc1. The summed E-state index contributed by atoms with van der Waals surface area (Å²) in [5, 5.41) is 13.2. The molecule has 33 heavy (non-hydrogen) atoms. The van der Waals surface area contributed by atoms with E-state index in [0.717, 1.165) is 23.3 Å². The van der Waals surface area contributed by atoms with Crippen molar-refractivity contribution in [2.45, 2.75) is 51.4 Å². The quantitative estimate of drug-likeness (QED) is 0.521. The smallest absolute Gasteiger partial charge is 0.225 e. The minimum Gasteiger partial charge on any atom is -0.503 e. The van der Waals surface area contributed by atoms with Crippen molar-refractivity contribution in [3.8, 4) is 17.2 Å². The van der Waals surface area contributed by atoms with Crippen molar-refractivity contribution in [1.29, 1.82) is 0 Å². The number of phenols is 1. The minimum atomic E-state index is -0.372. The van der Waals surface area contributed by atoms with Crippen LogP contribution in [-0.2, 0) is 9.59 Å². The van der Waals surface area contributed by atoms with Gasteiger partial charge in [-0.3, -0.25) is 9.59 Å². The number of Topliss-reactive ketones (excluding diaryl/α,β-unsaturated/α-hetero) is 1. The van der Waals surface area contributed by atoms with Crippen molar-refractivity contribution in [1.82, 2.24) is 5.32 Å². The molecule has 1 aliphatic carbocycles. The first-order chi connectivity index (χ1) is 15.9. The van der Waals surface area contributed by atoms with Crippen LogP contribution in [0.25, 0.3) is 0 Å². The molecule has 2 aromatic carbocycles. The fourth-order valence-corrected chi connectivity index (χ4v) is 5.06. The van der Waals surface area contributed by atoms with Crippen molar-refractivity contribution < 1.29 is 24.2 Å². The molecule has 1 aliphatic heterocycles. The predicted octanol–water partition coefficient (Wildman–Crippen LogP) is 5.35. The highest BCUT2D eigenvalue weighted by molar-refractivity contribution is 9.10. The van der Waals surface area contributed by atoms with Crippen LogP contribution in [0, 0.1) is 0 Å². The van der Waals surface area contributed by atoms with E-state index in [1.807, 2.05) is 31.2 Å². The van der Waals surface area contributed by atoms with Gasteiger partial charge in [-0.05, 0) is 77.0 Å². The number of amides is 1. The van der Waals surface area contributed by atoms with Crippen molar-refractivity contribution in [2.24, 2.45) is 0 Å². The summed E-state index contributed by atoms with van der Waals surface area (Å²) in [5.74, 6) is 0.719. The van der Waals surface area contributed by atoms with Crippen LogP contribution in [0.4, 0.5) is 0 Å². The van der Waals surface area contributed by atoms with Gasteiger partial charge < -0.3 is 19.9 Å². The van der Waals surface area contributed by atoms with Crippen molar-refractivity contribution >= 4 is 27.6 Å². The number of ether oxygens (including phenoxy) is 2. The molecule has 2 aliphatic rings. The van der Waals surface area contributed by atoms with Crippen LogP contribution in [0.1, 0.15) is 62.5 Å². The number of nitrogens with one attached hydrogen (secondary N) is 1. The Kier molecular flexibility index (Phi) is 7.08. The third-order valence-corrected chi connectivity index (χ3v) is 6.72. The van der Waals surface area contributed by atoms with Gasteiger partial charge in [0.05, 0.1) is 17.7 Å². The number of phenolic OH excluding ortho intramolecular Hbond substituents is 1. The van der Waals surface area contributed by atoms with E-state index in [9.17, 15) is 14.7 Å². The van der Waals surface area contributed by atoms with Crippen LogP contribution in [0.15, 0.2) is 52.1 Å². The zero-order valence-corrected chi connectivity index (χ0v) is 20.4. The molecule has 174 valence electrons. The van der Waals surface area contributed by atoms with Crippen LogP contribution < -0.4 is 14.8 Å². The summed E-state index contributed by atoms with van der Waals surface area (Å²) in [5.41, 5.74) is 3.19. The lowest BCUT2D eigenvalue weighted by Crippen LogP contribution is -2.38. The second-order valence-electron chi connectivity index (χ2n) is 8.43. The first-order valence-electron chi connectivity index (χ1n) is 11.3. The molecule has 0 fully saturated rings. The lowest BCUT2D eigenvalue weighted by Gasteiger charge is -2.34. The Morgan fingerprint density at radius 1 is 1.03 bits per heavy atom. The van der Waals surface area contributed by atoms with Gasteiger partial charge in [0, 0.05) is 30.0 Å². The number of aromatic hydroxyl groups is 1. The summed E-state index contributed by atoms with van der Waals surface area (Å²) in [7, 11) is 0. The van der Waals surface area contributed by atoms with E-state index < -0.39 is 0 Å². The van der Waals surface area contributed by atoms with Gasteiger partial charge in [0.15, 0.2) is 17.3 Å². The van der Waals surface area contributed by atoms with Crippen LogP contribution >= 0.6 is 15.9 Å². The van der Waals surface area contributed by atoms with E-state index in [1.54, 1.807) is 12.1 Å². The minimum absolute atomic E-state index is 0.000986. The van der Waals surface area contributed by atoms with Gasteiger partial charge >= 0.3 is 0 Å². The lowest BCUT2D eigenvalue weighted by atomic mass is 9.73. The molecular formula is C26H28BrNO5. The zero-order valence-electron chi connectivity index (χ0n) is 18.8. The predicted molar refractivity (Wildman–Crippen MR) is 129 cm³/mol. The monoisotopic (exact) mass is 513 g/mol. The number of ketones is 1. The second kappa shape index (κ2) is 10.00. The van der Waals surface area contributed by atoms with E-state index in [2.05, 4.69) is 28.2 Å². The van der Waals surface area contributed by atoms with Crippen LogP contribution in [-0.4, -0.2) is 30.0 Å². The molecule has 0 saturated carbocycles. The average molecular weight is 514 g/mol. The van der Waals surface area contributed by atoms with E-state index in [1.165, 1.54) is 0 Å². The molecule has 0 spiro atoms. The Hall–Kier alpha value is -2.80. The standard InChI is InChI=1S/C26H28BrNO5/c1-3-9-33-18-7-5-15(6-8-18)16-11-21-25(22(29)12-16)19(14-24(30)28-21)17-10-20(27)26(31)23(13-17)32-4-2/h5-8,10,13,16,19,31H,3-4,9,11-12,14H2,1-2H3,(H,28,30). The van der Waals surface area contributed by atoms with Gasteiger partial charge in [0.1, 0.15) is 5.75 Å². The van der Waals surface area contributed by atoms with Gasteiger partial charge in [-0.2, -0.15) is 0 Å². The number of carbonyl (C=O) groups is 2. The molecule has 6 nitrogen and oxygen atoms in total. The molecule has 1 heterocycles. The highest BCUT2D eigenvalue weighted by Gasteiger charge is 2.38. The van der Waals surface area contributed by atoms with Gasteiger partial charge in [-0.25, -0.2) is 0 Å². The molecule has 0 aromatic heterocycles. The molecule has 2 unspecified atom stereocenters. The van der Waals surface area contributed by atoms with Crippen LogP contribution in [0.2, 0.25) is 0 Å². The van der Waals surface area contributed by atoms with Gasteiger partial charge in [0.2, 0.25) is 5.91 Å². The van der Waals surface area contributed by atoms with Gasteiger partial charge in [-0.1, -0.05) is 19.1 Å². The van der Waals surface area contributed by atoms with E-state index in [0.29, 0.717) is 47.5 Å². The van der Waals surface area contributed by atoms with Crippen LogP contribution in [0.5, 0.6) is 17.2 Å². The molecule has 0 radical (unpaired) electrons. The normalized spacial score (nSPS) is 20.3. The third kappa shape index (κ3) is 4.93. The number of carbonyl (C=O) groups excluding carboxylic acids is 2. The Morgan fingerprint density at radius 3 is 2.48 bits per heavy atom. The fraction of sp³-hybridized carbons (Fsp3) is 0.385. The van der Waals surface area contributed by atoms with Crippen molar-refractivity contribution in [3.63, 3.8) is 0 Å². The number of rotatable bonds is 7. The largest absolute Gasteiger partial charge is 0.503 e. The topological polar surface area (TPSA) is 84.9 Å². The Balaban J connectivity index is 1.64. The molecule has 2 atom stereocenters. The average Bonchev–Trinajstić information content (AvgIpc) is 2.80. The number of hydrogen-bond donors (Lipinski definition) is 2. The van der Waals surface area contributed by atoms with Crippen LogP contribution in [0.3, 0.4) is 0 Å². The molecule has 7 heteroatoms. The molecular weight excluding hydrogens is 486 g/mol. The molecule has 1 amide bonds. The maximum atomic E-state index is 13.3. The summed E-state index contributed by atoms with van der Waals surface area (Å²) in [6.07, 6.45) is 2.11. The maximum absolute atomic E-state index is 13.3. The zero-order chi connectivity index (χ0) is 23.5. The Morgan fingerprint density at radius 2 is 1.79 bits per heavy atom. The molecule has 2 aromatic rings. The fourth-order valence-electron chi connectivity index (χ4n) is 4.60. The Labute approximate surface area is 202 Å². The molecule has 4 rings (SSSR count). The summed E-state index contributed by atoms with van der Waals surface area (Å²) < 4.78 is 11.7. The summed E-state index contributed by atoms with van der Waals surface area (Å²) in [6, 6.07) is 11.4. The molecule has 2 N–H and O–H groups in total. The summed E-state index contributed by atoms with van der Waals surface area (Å²) >= 11 is 3.37. The van der Waals surface area contributed by atoms with E-state index in [4.69, 9.17) is 9.47 Å². The number of benzene rings is 2. The van der Waals surface area contributed by atoms with Crippen molar-refractivity contribution in [2.75, 3.05) is 13.2 Å². The lowest BCUT2D eigenvalue weighted by molar-refractivity contribution is -0.122. The third-order valence-electron chi connectivity index (χ3n) is 6.11. The van der Waals surface area contributed by atoms with Gasteiger partial charge in [0.25, 0.3) is 0 Å². The molecule has 0 bridgehead atoms. The first kappa shape index (κ1) is 23.4. The second-order valence-corrected chi connectivity index (χ2v) is 9.28. The number of halogens is 1. The summed E-state index contributed by atoms with van der Waals surface area (Å²) in [4.78, 5) is 25.9. The van der Waals surface area contributed by atoms with E-state index >= 15 is 0 Å². The van der Waals surface area contributed by atoms with Crippen molar-refractivity contribution in [3.05, 3.63) is 63.3 Å². The molecule has 0 saturated heterocycles. The number of allylic oxidation sites excluding steroid dienone is 2. The highest BCUT2D eigenvalue weighted by Crippen LogP contribution is 2.45. The maximum Gasteiger partial charge on any atom is 0.225 e. The number of hydrogen-bond acceptors (Lipinski definition) is 5. The summed E-state index contributed by atoms with van der Waals surface area (Å²) in [6.45, 7) is 4.96. The first-order valence-corrected chi connectivity index (χ1v) is 12.1. The highest BCUT2D eigenvalue weighted by atomic mass is 79.9.